The Hall–Kier alpha value is -1.91. The lowest BCUT2D eigenvalue weighted by atomic mass is 10.2. The van der Waals surface area contributed by atoms with E-state index in [1.807, 2.05) is 18.2 Å². The van der Waals surface area contributed by atoms with Crippen LogP contribution in [0.1, 0.15) is 5.56 Å². The maximum Gasteiger partial charge on any atom is 0.317 e. The second kappa shape index (κ2) is 5.98. The minimum Gasteiger partial charge on any atom is -0.493 e. The molecule has 1 N–H and O–H groups in total. The van der Waals surface area contributed by atoms with Gasteiger partial charge in [-0.1, -0.05) is 6.07 Å². The van der Waals surface area contributed by atoms with Crippen LogP contribution in [-0.2, 0) is 6.54 Å². The van der Waals surface area contributed by atoms with Crippen molar-refractivity contribution >= 4 is 6.03 Å². The lowest BCUT2D eigenvalue weighted by Gasteiger charge is -2.13. The third-order valence-corrected chi connectivity index (χ3v) is 2.30. The number of carbonyl (C=O) groups excluding carboxylic acids is 1. The Morgan fingerprint density at radius 1 is 1.24 bits per heavy atom. The van der Waals surface area contributed by atoms with Crippen molar-refractivity contribution in [2.24, 2.45) is 0 Å². The van der Waals surface area contributed by atoms with Crippen molar-refractivity contribution in [1.82, 2.24) is 10.2 Å². The average Bonchev–Trinajstić information content (AvgIpc) is 2.35. The van der Waals surface area contributed by atoms with Gasteiger partial charge in [0.05, 0.1) is 14.2 Å². The van der Waals surface area contributed by atoms with Crippen LogP contribution in [0, 0.1) is 0 Å². The molecular formula is C12H18N2O3. The van der Waals surface area contributed by atoms with Gasteiger partial charge in [0.1, 0.15) is 0 Å². The number of methoxy groups -OCH3 is 2. The molecule has 0 radical (unpaired) electrons. The molecule has 2 amide bonds. The monoisotopic (exact) mass is 238 g/mol. The quantitative estimate of drug-likeness (QED) is 0.864. The highest BCUT2D eigenvalue weighted by Gasteiger charge is 2.06. The topological polar surface area (TPSA) is 50.8 Å². The molecule has 0 spiro atoms. The highest BCUT2D eigenvalue weighted by Crippen LogP contribution is 2.27. The maximum atomic E-state index is 11.4. The number of carbonyl (C=O) groups is 1. The summed E-state index contributed by atoms with van der Waals surface area (Å²) in [5.74, 6) is 1.33. The maximum absolute atomic E-state index is 11.4. The van der Waals surface area contributed by atoms with Crippen LogP contribution >= 0.6 is 0 Å². The lowest BCUT2D eigenvalue weighted by molar-refractivity contribution is 0.217. The smallest absolute Gasteiger partial charge is 0.317 e. The standard InChI is InChI=1S/C12H18N2O3/c1-14(2)12(15)13-8-9-5-6-10(16-3)11(7-9)17-4/h5-7H,8H2,1-4H3,(H,13,15). The molecule has 0 bridgehead atoms. The van der Waals surface area contributed by atoms with Crippen molar-refractivity contribution in [2.75, 3.05) is 28.3 Å². The number of hydrogen-bond acceptors (Lipinski definition) is 3. The predicted molar refractivity (Wildman–Crippen MR) is 65.5 cm³/mol. The van der Waals surface area contributed by atoms with Gasteiger partial charge < -0.3 is 19.7 Å². The minimum absolute atomic E-state index is 0.125. The molecule has 0 aliphatic carbocycles. The summed E-state index contributed by atoms with van der Waals surface area (Å²) in [4.78, 5) is 12.8. The Balaban J connectivity index is 2.69. The van der Waals surface area contributed by atoms with Gasteiger partial charge in [-0.05, 0) is 17.7 Å². The van der Waals surface area contributed by atoms with E-state index in [0.717, 1.165) is 5.56 Å². The van der Waals surface area contributed by atoms with E-state index in [4.69, 9.17) is 9.47 Å². The van der Waals surface area contributed by atoms with Gasteiger partial charge in [-0.15, -0.1) is 0 Å². The van der Waals surface area contributed by atoms with E-state index in [1.165, 1.54) is 4.90 Å². The van der Waals surface area contributed by atoms with Crippen molar-refractivity contribution in [3.05, 3.63) is 23.8 Å². The highest BCUT2D eigenvalue weighted by atomic mass is 16.5. The van der Waals surface area contributed by atoms with Gasteiger partial charge in [0.15, 0.2) is 11.5 Å². The summed E-state index contributed by atoms with van der Waals surface area (Å²) in [6.07, 6.45) is 0. The Kier molecular flexibility index (Phi) is 4.63. The van der Waals surface area contributed by atoms with E-state index >= 15 is 0 Å². The lowest BCUT2D eigenvalue weighted by Crippen LogP contribution is -2.33. The zero-order valence-electron chi connectivity index (χ0n) is 10.6. The van der Waals surface area contributed by atoms with Gasteiger partial charge in [0.2, 0.25) is 0 Å². The van der Waals surface area contributed by atoms with Gasteiger partial charge in [0, 0.05) is 20.6 Å². The van der Waals surface area contributed by atoms with Crippen LogP contribution in [-0.4, -0.2) is 39.2 Å². The van der Waals surface area contributed by atoms with Crippen LogP contribution < -0.4 is 14.8 Å². The molecule has 0 atom stereocenters. The number of ether oxygens (including phenoxy) is 2. The molecule has 0 fully saturated rings. The summed E-state index contributed by atoms with van der Waals surface area (Å²) in [5.41, 5.74) is 0.956. The van der Waals surface area contributed by atoms with E-state index in [0.29, 0.717) is 18.0 Å². The summed E-state index contributed by atoms with van der Waals surface area (Å²) in [6, 6.07) is 5.42. The zero-order valence-corrected chi connectivity index (χ0v) is 10.6. The van der Waals surface area contributed by atoms with Crippen LogP contribution in [0.25, 0.3) is 0 Å². The number of rotatable bonds is 4. The van der Waals surface area contributed by atoms with Crippen LogP contribution in [0.15, 0.2) is 18.2 Å². The molecule has 0 saturated heterocycles. The molecular weight excluding hydrogens is 220 g/mol. The molecule has 1 aromatic carbocycles. The van der Waals surface area contributed by atoms with Gasteiger partial charge in [-0.25, -0.2) is 4.79 Å². The molecule has 0 heterocycles. The summed E-state index contributed by atoms with van der Waals surface area (Å²) < 4.78 is 10.3. The second-order valence-corrected chi connectivity index (χ2v) is 3.74. The normalized spacial score (nSPS) is 9.65. The van der Waals surface area contributed by atoms with Crippen molar-refractivity contribution in [2.45, 2.75) is 6.54 Å². The van der Waals surface area contributed by atoms with E-state index in [9.17, 15) is 4.79 Å². The molecule has 1 rings (SSSR count). The van der Waals surface area contributed by atoms with Gasteiger partial charge >= 0.3 is 6.03 Å². The van der Waals surface area contributed by atoms with Crippen molar-refractivity contribution in [3.63, 3.8) is 0 Å². The third-order valence-electron chi connectivity index (χ3n) is 2.30. The Morgan fingerprint density at radius 2 is 1.88 bits per heavy atom. The van der Waals surface area contributed by atoms with Crippen molar-refractivity contribution in [3.8, 4) is 11.5 Å². The highest BCUT2D eigenvalue weighted by molar-refractivity contribution is 5.73. The molecule has 0 saturated carbocycles. The van der Waals surface area contributed by atoms with E-state index in [1.54, 1.807) is 28.3 Å². The number of urea groups is 1. The summed E-state index contributed by atoms with van der Waals surface area (Å²) in [6.45, 7) is 0.456. The third kappa shape index (κ3) is 3.55. The molecule has 5 heteroatoms. The van der Waals surface area contributed by atoms with E-state index < -0.39 is 0 Å². The van der Waals surface area contributed by atoms with Gasteiger partial charge in [-0.2, -0.15) is 0 Å². The second-order valence-electron chi connectivity index (χ2n) is 3.74. The molecule has 0 unspecified atom stereocenters. The number of amides is 2. The zero-order chi connectivity index (χ0) is 12.8. The van der Waals surface area contributed by atoms with Crippen LogP contribution in [0.2, 0.25) is 0 Å². The minimum atomic E-state index is -0.125. The first kappa shape index (κ1) is 13.2. The Bertz CT molecular complexity index is 391. The molecule has 0 aliphatic rings. The van der Waals surface area contributed by atoms with E-state index in [-0.39, 0.29) is 6.03 Å². The van der Waals surface area contributed by atoms with Crippen molar-refractivity contribution < 1.29 is 14.3 Å². The largest absolute Gasteiger partial charge is 0.493 e. The molecule has 5 nitrogen and oxygen atoms in total. The molecule has 1 aromatic rings. The summed E-state index contributed by atoms with van der Waals surface area (Å²) >= 11 is 0. The first-order valence-electron chi connectivity index (χ1n) is 5.24. The number of benzene rings is 1. The molecule has 17 heavy (non-hydrogen) atoms. The first-order chi connectivity index (χ1) is 8.08. The predicted octanol–water partition coefficient (Wildman–Crippen LogP) is 1.47. The Labute approximate surface area is 101 Å². The van der Waals surface area contributed by atoms with Gasteiger partial charge in [-0.3, -0.25) is 0 Å². The molecule has 0 aliphatic heterocycles. The molecule has 94 valence electrons. The van der Waals surface area contributed by atoms with Crippen molar-refractivity contribution in [1.29, 1.82) is 0 Å². The number of nitrogens with zero attached hydrogens (tertiary/aromatic N) is 1. The van der Waals surface area contributed by atoms with Crippen LogP contribution in [0.3, 0.4) is 0 Å². The van der Waals surface area contributed by atoms with E-state index in [2.05, 4.69) is 5.32 Å². The average molecular weight is 238 g/mol. The number of hydrogen-bond donors (Lipinski definition) is 1. The Morgan fingerprint density at radius 3 is 2.41 bits per heavy atom. The molecule has 0 aromatic heterocycles. The fourth-order valence-corrected chi connectivity index (χ4v) is 1.33. The summed E-state index contributed by atoms with van der Waals surface area (Å²) in [7, 11) is 6.57. The fraction of sp³-hybridized carbons (Fsp3) is 0.417. The first-order valence-corrected chi connectivity index (χ1v) is 5.24. The van der Waals surface area contributed by atoms with Crippen LogP contribution in [0.4, 0.5) is 4.79 Å². The number of nitrogens with one attached hydrogen (secondary N) is 1. The SMILES string of the molecule is COc1ccc(CNC(=O)N(C)C)cc1OC. The summed E-state index contributed by atoms with van der Waals surface area (Å²) in [5, 5.41) is 2.78. The fourth-order valence-electron chi connectivity index (χ4n) is 1.33. The van der Waals surface area contributed by atoms with Crippen LogP contribution in [0.5, 0.6) is 11.5 Å². The van der Waals surface area contributed by atoms with Gasteiger partial charge in [0.25, 0.3) is 0 Å².